The van der Waals surface area contributed by atoms with Crippen LogP contribution in [0, 0.1) is 0 Å². The number of hydrogen-bond acceptors (Lipinski definition) is 1. The van der Waals surface area contributed by atoms with Crippen molar-refractivity contribution in [3.63, 3.8) is 0 Å². The van der Waals surface area contributed by atoms with Crippen molar-refractivity contribution >= 4 is 18.5 Å². The van der Waals surface area contributed by atoms with Gasteiger partial charge in [0.15, 0.2) is 0 Å². The molecular weight excluding hydrogens is 285 g/mol. The molecule has 1 aliphatic rings. The Kier molecular flexibility index (Phi) is 4.87. The minimum atomic E-state index is -0.431. The first kappa shape index (κ1) is 15.2. The van der Waals surface area contributed by atoms with Gasteiger partial charge in [-0.05, 0) is 49.9 Å². The first-order chi connectivity index (χ1) is 10.8. The predicted octanol–water partition coefficient (Wildman–Crippen LogP) is 3.89. The van der Waals surface area contributed by atoms with Gasteiger partial charge in [0.05, 0.1) is 0 Å². The zero-order valence-corrected chi connectivity index (χ0v) is 14.1. The molecule has 0 amide bonds. The van der Waals surface area contributed by atoms with Crippen molar-refractivity contribution in [3.05, 3.63) is 83.7 Å². The van der Waals surface area contributed by atoms with E-state index in [-0.39, 0.29) is 0 Å². The van der Waals surface area contributed by atoms with E-state index in [1.165, 1.54) is 16.2 Å². The van der Waals surface area contributed by atoms with E-state index in [0.717, 1.165) is 13.0 Å². The van der Waals surface area contributed by atoms with Crippen molar-refractivity contribution in [2.24, 2.45) is 0 Å². The van der Waals surface area contributed by atoms with Crippen molar-refractivity contribution < 1.29 is 0 Å². The van der Waals surface area contributed by atoms with Crippen molar-refractivity contribution in [2.75, 3.05) is 20.6 Å². The molecule has 0 N–H and O–H groups in total. The molecule has 0 spiro atoms. The van der Waals surface area contributed by atoms with Crippen LogP contribution in [0.25, 0.3) is 0 Å². The summed E-state index contributed by atoms with van der Waals surface area (Å²) in [5.74, 6) is 0. The van der Waals surface area contributed by atoms with E-state index in [9.17, 15) is 0 Å². The fourth-order valence-electron chi connectivity index (χ4n) is 2.87. The maximum Gasteiger partial charge on any atom is 0.0231 e. The molecule has 0 radical (unpaired) electrons. The third-order valence-electron chi connectivity index (χ3n) is 3.79. The van der Waals surface area contributed by atoms with Crippen molar-refractivity contribution in [2.45, 2.75) is 6.42 Å². The van der Waals surface area contributed by atoms with E-state index in [2.05, 4.69) is 91.8 Å². The second kappa shape index (κ2) is 7.05. The van der Waals surface area contributed by atoms with E-state index < -0.39 is 7.92 Å². The monoisotopic (exact) mass is 307 g/mol. The first-order valence-electron chi connectivity index (χ1n) is 7.69. The van der Waals surface area contributed by atoms with Gasteiger partial charge in [-0.25, -0.2) is 0 Å². The van der Waals surface area contributed by atoms with Gasteiger partial charge < -0.3 is 4.90 Å². The van der Waals surface area contributed by atoms with Gasteiger partial charge in [-0.2, -0.15) is 0 Å². The molecule has 1 nitrogen and oxygen atoms in total. The molecule has 0 aliphatic heterocycles. The third-order valence-corrected chi connectivity index (χ3v) is 6.42. The van der Waals surface area contributed by atoms with Gasteiger partial charge in [-0.15, -0.1) is 0 Å². The Bertz CT molecular complexity index is 632. The molecule has 1 aliphatic carbocycles. The molecule has 0 saturated carbocycles. The number of hydrogen-bond donors (Lipinski definition) is 0. The molecule has 22 heavy (non-hydrogen) atoms. The van der Waals surface area contributed by atoms with Gasteiger partial charge in [0.25, 0.3) is 0 Å². The molecule has 0 atom stereocenters. The maximum absolute atomic E-state index is 2.32. The summed E-state index contributed by atoms with van der Waals surface area (Å²) in [4.78, 5) is 2.26. The average molecular weight is 307 g/mol. The molecule has 3 rings (SSSR count). The van der Waals surface area contributed by atoms with Gasteiger partial charge in [-0.3, -0.25) is 0 Å². The zero-order valence-electron chi connectivity index (χ0n) is 13.2. The molecule has 2 aromatic carbocycles. The van der Waals surface area contributed by atoms with Crippen LogP contribution in [0.5, 0.6) is 0 Å². The number of benzene rings is 2. The molecule has 2 aromatic rings. The summed E-state index contributed by atoms with van der Waals surface area (Å²) in [6.45, 7) is 1.02. The van der Waals surface area contributed by atoms with Crippen LogP contribution in [-0.4, -0.2) is 25.5 Å². The van der Waals surface area contributed by atoms with Crippen LogP contribution in [0.4, 0.5) is 0 Å². The minimum absolute atomic E-state index is 0.431. The molecule has 112 valence electrons. The molecular formula is C20H22NP. The van der Waals surface area contributed by atoms with Crippen LogP contribution in [0.3, 0.4) is 0 Å². The molecule has 0 heterocycles. The first-order valence-corrected chi connectivity index (χ1v) is 9.03. The summed E-state index contributed by atoms with van der Waals surface area (Å²) in [5, 5.41) is 4.48. The van der Waals surface area contributed by atoms with Crippen LogP contribution in [-0.2, 0) is 0 Å². The van der Waals surface area contributed by atoms with Gasteiger partial charge >= 0.3 is 0 Å². The predicted molar refractivity (Wildman–Crippen MR) is 98.4 cm³/mol. The Morgan fingerprint density at radius 2 is 1.41 bits per heavy atom. The molecule has 0 aromatic heterocycles. The van der Waals surface area contributed by atoms with E-state index in [0.29, 0.717) is 0 Å². The zero-order chi connectivity index (χ0) is 15.4. The highest BCUT2D eigenvalue weighted by Gasteiger charge is 2.22. The Labute approximate surface area is 134 Å². The summed E-state index contributed by atoms with van der Waals surface area (Å²) in [5.41, 5.74) is 1.49. The number of nitrogens with zero attached hydrogens (tertiary/aromatic N) is 1. The summed E-state index contributed by atoms with van der Waals surface area (Å²) in [6, 6.07) is 21.9. The molecule has 0 fully saturated rings. The highest BCUT2D eigenvalue weighted by atomic mass is 31.1. The van der Waals surface area contributed by atoms with Crippen LogP contribution in [0.2, 0.25) is 0 Å². The van der Waals surface area contributed by atoms with Crippen molar-refractivity contribution in [1.82, 2.24) is 4.90 Å². The Balaban J connectivity index is 2.07. The lowest BCUT2D eigenvalue weighted by atomic mass is 10.3. The lowest BCUT2D eigenvalue weighted by Gasteiger charge is -2.23. The largest absolute Gasteiger partial charge is 0.305 e. The SMILES string of the molecule is CN(C)CC1=C(P(c2ccccc2)c2ccccc2)CC=C1. The van der Waals surface area contributed by atoms with Crippen molar-refractivity contribution in [1.29, 1.82) is 0 Å². The normalized spacial score (nSPS) is 14.4. The standard InChI is InChI=1S/C20H22NP/c1-21(2)16-17-10-9-15-20(17)22(18-11-5-3-6-12-18)19-13-7-4-8-14-19/h3-14H,15-16H2,1-2H3. The van der Waals surface area contributed by atoms with Gasteiger partial charge in [-0.1, -0.05) is 72.8 Å². The summed E-state index contributed by atoms with van der Waals surface area (Å²) >= 11 is 0. The van der Waals surface area contributed by atoms with Crippen molar-refractivity contribution in [3.8, 4) is 0 Å². The molecule has 0 bridgehead atoms. The minimum Gasteiger partial charge on any atom is -0.305 e. The molecule has 2 heteroatoms. The highest BCUT2D eigenvalue weighted by Crippen LogP contribution is 2.48. The van der Waals surface area contributed by atoms with Crippen LogP contribution in [0.1, 0.15) is 6.42 Å². The fourth-order valence-corrected chi connectivity index (χ4v) is 5.46. The van der Waals surface area contributed by atoms with Crippen LogP contribution >= 0.6 is 7.92 Å². The third kappa shape index (κ3) is 3.38. The molecule has 0 unspecified atom stereocenters. The molecule has 0 saturated heterocycles. The summed E-state index contributed by atoms with van der Waals surface area (Å²) in [7, 11) is 3.85. The van der Waals surface area contributed by atoms with Gasteiger partial charge in [0.2, 0.25) is 0 Å². The van der Waals surface area contributed by atoms with Gasteiger partial charge in [0.1, 0.15) is 0 Å². The lowest BCUT2D eigenvalue weighted by Crippen LogP contribution is -2.17. The van der Waals surface area contributed by atoms with E-state index in [4.69, 9.17) is 0 Å². The van der Waals surface area contributed by atoms with E-state index >= 15 is 0 Å². The topological polar surface area (TPSA) is 3.24 Å². The second-order valence-electron chi connectivity index (χ2n) is 5.82. The van der Waals surface area contributed by atoms with E-state index in [1.54, 1.807) is 5.31 Å². The van der Waals surface area contributed by atoms with Gasteiger partial charge in [0, 0.05) is 6.54 Å². The number of likely N-dealkylation sites (N-methyl/N-ethyl adjacent to an activating group) is 1. The Hall–Kier alpha value is -1.69. The summed E-state index contributed by atoms with van der Waals surface area (Å²) < 4.78 is 0. The Morgan fingerprint density at radius 1 is 0.864 bits per heavy atom. The van der Waals surface area contributed by atoms with E-state index in [1.807, 2.05) is 0 Å². The number of allylic oxidation sites excluding steroid dienone is 2. The summed E-state index contributed by atoms with van der Waals surface area (Å²) in [6.07, 6.45) is 5.71. The highest BCUT2D eigenvalue weighted by molar-refractivity contribution is 7.76. The number of rotatable bonds is 5. The average Bonchev–Trinajstić information content (AvgIpc) is 2.97. The lowest BCUT2D eigenvalue weighted by molar-refractivity contribution is 0.449. The smallest absolute Gasteiger partial charge is 0.0231 e. The Morgan fingerprint density at radius 3 is 1.91 bits per heavy atom. The second-order valence-corrected chi connectivity index (χ2v) is 8.07. The fraction of sp³-hybridized carbons (Fsp3) is 0.200. The maximum atomic E-state index is 2.32. The van der Waals surface area contributed by atoms with Crippen LogP contribution in [0.15, 0.2) is 83.7 Å². The quantitative estimate of drug-likeness (QED) is 0.757. The van der Waals surface area contributed by atoms with Crippen LogP contribution < -0.4 is 10.6 Å².